The monoisotopic (exact) mass is 161 g/mol. The average molecular weight is 161 g/mol. The van der Waals surface area contributed by atoms with E-state index in [0.717, 1.165) is 0 Å². The number of carbonyl (C=O) groups is 1. The maximum absolute atomic E-state index is 10.4. The van der Waals surface area contributed by atoms with Crippen LogP contribution in [-0.2, 0) is 14.4 Å². The van der Waals surface area contributed by atoms with Crippen molar-refractivity contribution < 1.29 is 19.5 Å². The summed E-state index contributed by atoms with van der Waals surface area (Å²) in [7, 11) is 1.26. The number of aliphatic hydroxyl groups is 1. The van der Waals surface area contributed by atoms with E-state index in [9.17, 15) is 4.79 Å². The van der Waals surface area contributed by atoms with E-state index in [1.807, 2.05) is 0 Å². The van der Waals surface area contributed by atoms with Gasteiger partial charge < -0.3 is 14.7 Å². The molecule has 0 aliphatic heterocycles. The summed E-state index contributed by atoms with van der Waals surface area (Å²) in [5, 5.41) is 11.8. The zero-order chi connectivity index (χ0) is 8.69. The van der Waals surface area contributed by atoms with Crippen LogP contribution in [0.4, 0.5) is 0 Å². The lowest BCUT2D eigenvalue weighted by Gasteiger charge is -1.97. The van der Waals surface area contributed by atoms with Gasteiger partial charge in [0.1, 0.15) is 0 Å². The number of ether oxygens (including phenoxy) is 1. The highest BCUT2D eigenvalue weighted by Gasteiger charge is 1.98. The van der Waals surface area contributed by atoms with Crippen LogP contribution in [0, 0.1) is 0 Å². The molecule has 1 N–H and O–H groups in total. The third-order valence-electron chi connectivity index (χ3n) is 0.859. The molecule has 0 heterocycles. The predicted molar refractivity (Wildman–Crippen MR) is 38.2 cm³/mol. The lowest BCUT2D eigenvalue weighted by molar-refractivity contribution is -0.145. The van der Waals surface area contributed by atoms with Gasteiger partial charge in [0.25, 0.3) is 0 Å². The highest BCUT2D eigenvalue weighted by atomic mass is 16.6. The van der Waals surface area contributed by atoms with Crippen LogP contribution in [-0.4, -0.2) is 37.1 Å². The first-order chi connectivity index (χ1) is 5.20. The van der Waals surface area contributed by atoms with Crippen LogP contribution < -0.4 is 0 Å². The SMILES string of the molecule is COC(=O)CO/N=C(\C)CO. The Kier molecular flexibility index (Phi) is 5.10. The summed E-state index contributed by atoms with van der Waals surface area (Å²) in [6.07, 6.45) is 0. The van der Waals surface area contributed by atoms with E-state index in [1.165, 1.54) is 7.11 Å². The van der Waals surface area contributed by atoms with Crippen LogP contribution in [0.3, 0.4) is 0 Å². The van der Waals surface area contributed by atoms with Crippen LogP contribution in [0.15, 0.2) is 5.16 Å². The van der Waals surface area contributed by atoms with Crippen LogP contribution in [0.25, 0.3) is 0 Å². The minimum Gasteiger partial charge on any atom is -0.466 e. The molecule has 0 bridgehead atoms. The second kappa shape index (κ2) is 5.67. The van der Waals surface area contributed by atoms with E-state index in [-0.39, 0.29) is 13.2 Å². The summed E-state index contributed by atoms with van der Waals surface area (Å²) >= 11 is 0. The second-order valence-corrected chi connectivity index (χ2v) is 1.83. The fourth-order valence-electron chi connectivity index (χ4n) is 0.283. The summed E-state index contributed by atoms with van der Waals surface area (Å²) in [5.41, 5.74) is 0.411. The maximum Gasteiger partial charge on any atom is 0.346 e. The number of oxime groups is 1. The Labute approximate surface area is 64.6 Å². The van der Waals surface area contributed by atoms with Crippen LogP contribution in [0.5, 0.6) is 0 Å². The van der Waals surface area contributed by atoms with E-state index in [1.54, 1.807) is 6.92 Å². The molecule has 0 aliphatic rings. The lowest BCUT2D eigenvalue weighted by Crippen LogP contribution is -2.09. The van der Waals surface area contributed by atoms with Crippen molar-refractivity contribution in [2.75, 3.05) is 20.3 Å². The van der Waals surface area contributed by atoms with Gasteiger partial charge >= 0.3 is 5.97 Å². The number of aliphatic hydroxyl groups excluding tert-OH is 1. The smallest absolute Gasteiger partial charge is 0.346 e. The molecule has 0 rings (SSSR count). The highest BCUT2D eigenvalue weighted by molar-refractivity contribution is 5.82. The Bertz CT molecular complexity index is 155. The molecule has 0 spiro atoms. The Morgan fingerprint density at radius 3 is 2.73 bits per heavy atom. The summed E-state index contributed by atoms with van der Waals surface area (Å²) in [5.74, 6) is -0.500. The van der Waals surface area contributed by atoms with Gasteiger partial charge in [-0.1, -0.05) is 5.16 Å². The lowest BCUT2D eigenvalue weighted by atomic mass is 10.5. The van der Waals surface area contributed by atoms with Gasteiger partial charge in [-0.25, -0.2) is 4.79 Å². The van der Waals surface area contributed by atoms with E-state index >= 15 is 0 Å². The Balaban J connectivity index is 3.48. The summed E-state index contributed by atoms with van der Waals surface area (Å²) < 4.78 is 4.27. The molecule has 0 amide bonds. The van der Waals surface area contributed by atoms with Crippen LogP contribution >= 0.6 is 0 Å². The van der Waals surface area contributed by atoms with Crippen molar-refractivity contribution in [3.63, 3.8) is 0 Å². The van der Waals surface area contributed by atoms with Gasteiger partial charge in [-0.05, 0) is 6.92 Å². The molecule has 0 aliphatic carbocycles. The molecule has 0 saturated heterocycles. The molecule has 0 fully saturated rings. The van der Waals surface area contributed by atoms with Crippen molar-refractivity contribution in [2.45, 2.75) is 6.92 Å². The normalized spacial score (nSPS) is 11.0. The van der Waals surface area contributed by atoms with Crippen LogP contribution in [0.2, 0.25) is 0 Å². The number of rotatable bonds is 4. The van der Waals surface area contributed by atoms with E-state index in [2.05, 4.69) is 14.7 Å². The third kappa shape index (κ3) is 5.35. The molecular weight excluding hydrogens is 150 g/mol. The average Bonchev–Trinajstić information content (AvgIpc) is 2.04. The summed E-state index contributed by atoms with van der Waals surface area (Å²) in [6, 6.07) is 0. The van der Waals surface area contributed by atoms with Gasteiger partial charge in [-0.3, -0.25) is 0 Å². The van der Waals surface area contributed by atoms with Crippen molar-refractivity contribution in [2.24, 2.45) is 5.16 Å². The first-order valence-electron chi connectivity index (χ1n) is 3.03. The molecular formula is C6H11NO4. The fourth-order valence-corrected chi connectivity index (χ4v) is 0.283. The van der Waals surface area contributed by atoms with Gasteiger partial charge in [-0.15, -0.1) is 0 Å². The van der Waals surface area contributed by atoms with Gasteiger partial charge in [0.2, 0.25) is 6.61 Å². The van der Waals surface area contributed by atoms with Gasteiger partial charge in [0.15, 0.2) is 0 Å². The topological polar surface area (TPSA) is 68.1 Å². The predicted octanol–water partition coefficient (Wildman–Crippen LogP) is -0.456. The number of carbonyl (C=O) groups excluding carboxylic acids is 1. The number of hydrogen-bond donors (Lipinski definition) is 1. The minimum atomic E-state index is -0.500. The van der Waals surface area contributed by atoms with Crippen molar-refractivity contribution in [1.82, 2.24) is 0 Å². The van der Waals surface area contributed by atoms with Gasteiger partial charge in [-0.2, -0.15) is 0 Å². The van der Waals surface area contributed by atoms with Crippen molar-refractivity contribution in [3.8, 4) is 0 Å². The van der Waals surface area contributed by atoms with E-state index in [4.69, 9.17) is 5.11 Å². The fraction of sp³-hybridized carbons (Fsp3) is 0.667. The highest BCUT2D eigenvalue weighted by Crippen LogP contribution is 1.81. The summed E-state index contributed by atoms with van der Waals surface area (Å²) in [6.45, 7) is 1.17. The molecule has 0 radical (unpaired) electrons. The van der Waals surface area contributed by atoms with Gasteiger partial charge in [0.05, 0.1) is 19.4 Å². The third-order valence-corrected chi connectivity index (χ3v) is 0.859. The molecule has 0 aromatic rings. The largest absolute Gasteiger partial charge is 0.466 e. The maximum atomic E-state index is 10.4. The number of methoxy groups -OCH3 is 1. The Morgan fingerprint density at radius 1 is 1.64 bits per heavy atom. The van der Waals surface area contributed by atoms with E-state index in [0.29, 0.717) is 5.71 Å². The van der Waals surface area contributed by atoms with Crippen LogP contribution in [0.1, 0.15) is 6.92 Å². The quantitative estimate of drug-likeness (QED) is 0.344. The van der Waals surface area contributed by atoms with Crippen molar-refractivity contribution >= 4 is 11.7 Å². The molecule has 64 valence electrons. The first-order valence-corrected chi connectivity index (χ1v) is 3.03. The number of esters is 1. The first kappa shape index (κ1) is 9.90. The molecule has 0 atom stereocenters. The van der Waals surface area contributed by atoms with Crippen molar-refractivity contribution in [1.29, 1.82) is 0 Å². The molecule has 5 nitrogen and oxygen atoms in total. The molecule has 0 aromatic heterocycles. The zero-order valence-corrected chi connectivity index (χ0v) is 6.53. The van der Waals surface area contributed by atoms with E-state index < -0.39 is 5.97 Å². The van der Waals surface area contributed by atoms with Crippen molar-refractivity contribution in [3.05, 3.63) is 0 Å². The second-order valence-electron chi connectivity index (χ2n) is 1.83. The molecule has 0 unspecified atom stereocenters. The minimum absolute atomic E-state index is 0.179. The molecule has 11 heavy (non-hydrogen) atoms. The van der Waals surface area contributed by atoms with Gasteiger partial charge in [0, 0.05) is 0 Å². The Morgan fingerprint density at radius 2 is 2.27 bits per heavy atom. The number of hydrogen-bond acceptors (Lipinski definition) is 5. The molecule has 0 saturated carbocycles. The summed E-state index contributed by atoms with van der Waals surface area (Å²) in [4.78, 5) is 14.9. The standard InChI is InChI=1S/C6H11NO4/c1-5(3-8)7-11-4-6(9)10-2/h8H,3-4H2,1-2H3/b7-5+. The zero-order valence-electron chi connectivity index (χ0n) is 6.53. The molecule has 0 aromatic carbocycles. The molecule has 5 heteroatoms. The Hall–Kier alpha value is -1.10. The number of nitrogens with zero attached hydrogens (tertiary/aromatic N) is 1.